The van der Waals surface area contributed by atoms with Crippen molar-refractivity contribution in [2.75, 3.05) is 66.0 Å². The zero-order valence-corrected chi connectivity index (χ0v) is 18.2. The van der Waals surface area contributed by atoms with E-state index in [1.54, 1.807) is 14.0 Å². The molecule has 0 radical (unpaired) electrons. The Morgan fingerprint density at radius 2 is 1.81 bits per heavy atom. The summed E-state index contributed by atoms with van der Waals surface area (Å²) in [6.07, 6.45) is -3.48. The highest BCUT2D eigenvalue weighted by atomic mass is 127. The maximum Gasteiger partial charge on any atom is 0.401 e. The number of piperazine rings is 1. The monoisotopic (exact) mass is 506 g/mol. The summed E-state index contributed by atoms with van der Waals surface area (Å²) >= 11 is 0. The van der Waals surface area contributed by atoms with Gasteiger partial charge in [0, 0.05) is 72.4 Å². The second-order valence-electron chi connectivity index (χ2n) is 6.83. The third-order valence-corrected chi connectivity index (χ3v) is 4.78. The van der Waals surface area contributed by atoms with Gasteiger partial charge in [0.05, 0.1) is 6.54 Å². The number of hydrogen-bond donors (Lipinski definition) is 2. The van der Waals surface area contributed by atoms with Crippen LogP contribution in [0.2, 0.25) is 0 Å². The molecule has 2 aliphatic rings. The van der Waals surface area contributed by atoms with Gasteiger partial charge in [-0.3, -0.25) is 19.6 Å². The summed E-state index contributed by atoms with van der Waals surface area (Å²) in [4.78, 5) is 21.0. The summed E-state index contributed by atoms with van der Waals surface area (Å²) in [5.41, 5.74) is 0. The quantitative estimate of drug-likeness (QED) is 0.325. The lowest BCUT2D eigenvalue weighted by Gasteiger charge is -2.34. The lowest BCUT2D eigenvalue weighted by atomic mass is 10.3. The number of guanidine groups is 1. The summed E-state index contributed by atoms with van der Waals surface area (Å²) in [5, 5.41) is 6.42. The Morgan fingerprint density at radius 3 is 2.37 bits per heavy atom. The van der Waals surface area contributed by atoms with Gasteiger partial charge >= 0.3 is 6.18 Å². The molecule has 2 rings (SSSR count). The summed E-state index contributed by atoms with van der Waals surface area (Å²) in [6.45, 7) is 6.26. The molecule has 7 nitrogen and oxygen atoms in total. The lowest BCUT2D eigenvalue weighted by Crippen LogP contribution is -2.51. The van der Waals surface area contributed by atoms with Crippen molar-refractivity contribution in [3.05, 3.63) is 0 Å². The first-order valence-corrected chi connectivity index (χ1v) is 9.01. The molecule has 0 aromatic carbocycles. The van der Waals surface area contributed by atoms with Gasteiger partial charge in [-0.25, -0.2) is 0 Å². The molecule has 1 amide bonds. The first kappa shape index (κ1) is 24.2. The molecule has 2 fully saturated rings. The zero-order chi connectivity index (χ0) is 19.2. The van der Waals surface area contributed by atoms with E-state index in [-0.39, 0.29) is 35.9 Å². The van der Waals surface area contributed by atoms with Gasteiger partial charge in [-0.05, 0) is 6.42 Å². The van der Waals surface area contributed by atoms with E-state index in [0.29, 0.717) is 32.0 Å². The van der Waals surface area contributed by atoms with Gasteiger partial charge in [0.1, 0.15) is 0 Å². The van der Waals surface area contributed by atoms with Crippen LogP contribution < -0.4 is 10.6 Å². The predicted octanol–water partition coefficient (Wildman–Crippen LogP) is 0.570. The van der Waals surface area contributed by atoms with E-state index in [1.165, 1.54) is 4.90 Å². The molecule has 0 aromatic heterocycles. The third-order valence-electron chi connectivity index (χ3n) is 4.78. The normalized spacial score (nSPS) is 22.5. The predicted molar refractivity (Wildman–Crippen MR) is 110 cm³/mol. The second kappa shape index (κ2) is 11.2. The number of likely N-dealkylation sites (tertiary alicyclic amines) is 1. The lowest BCUT2D eigenvalue weighted by molar-refractivity contribution is -0.143. The standard InChI is InChI=1S/C16H29F3N6O.HI/c1-13(26)25-9-7-23(8-10-25)6-4-21-15(20-2)22-14-3-5-24(11-14)12-16(17,18)19;/h14H,3-12H2,1-2H3,(H2,20,21,22);1H. The van der Waals surface area contributed by atoms with Crippen LogP contribution in [0.3, 0.4) is 0 Å². The van der Waals surface area contributed by atoms with Crippen LogP contribution in [-0.4, -0.2) is 105 Å². The van der Waals surface area contributed by atoms with Crippen molar-refractivity contribution < 1.29 is 18.0 Å². The first-order valence-electron chi connectivity index (χ1n) is 9.01. The molecule has 2 aliphatic heterocycles. The Balaban J connectivity index is 0.00000364. The van der Waals surface area contributed by atoms with E-state index < -0.39 is 12.7 Å². The average Bonchev–Trinajstić information content (AvgIpc) is 2.99. The fourth-order valence-electron chi connectivity index (χ4n) is 3.35. The number of aliphatic imine (C=N–C) groups is 1. The molecule has 0 saturated carbocycles. The van der Waals surface area contributed by atoms with Gasteiger partial charge in [-0.2, -0.15) is 13.2 Å². The van der Waals surface area contributed by atoms with Crippen molar-refractivity contribution in [1.82, 2.24) is 25.3 Å². The van der Waals surface area contributed by atoms with E-state index >= 15 is 0 Å². The van der Waals surface area contributed by atoms with Gasteiger partial charge in [0.25, 0.3) is 0 Å². The number of nitrogens with zero attached hydrogens (tertiary/aromatic N) is 4. The second-order valence-corrected chi connectivity index (χ2v) is 6.83. The van der Waals surface area contributed by atoms with Crippen LogP contribution in [0.4, 0.5) is 13.2 Å². The van der Waals surface area contributed by atoms with Crippen LogP contribution in [0.5, 0.6) is 0 Å². The van der Waals surface area contributed by atoms with E-state index in [2.05, 4.69) is 20.5 Å². The maximum absolute atomic E-state index is 12.5. The van der Waals surface area contributed by atoms with E-state index in [0.717, 1.165) is 32.7 Å². The molecule has 0 aliphatic carbocycles. The Kier molecular flexibility index (Phi) is 10.1. The van der Waals surface area contributed by atoms with Gasteiger partial charge in [0.15, 0.2) is 5.96 Å². The van der Waals surface area contributed by atoms with Crippen LogP contribution in [0, 0.1) is 0 Å². The topological polar surface area (TPSA) is 63.2 Å². The van der Waals surface area contributed by atoms with Gasteiger partial charge < -0.3 is 15.5 Å². The molecule has 27 heavy (non-hydrogen) atoms. The highest BCUT2D eigenvalue weighted by Gasteiger charge is 2.34. The minimum Gasteiger partial charge on any atom is -0.355 e. The van der Waals surface area contributed by atoms with Crippen molar-refractivity contribution in [3.63, 3.8) is 0 Å². The largest absolute Gasteiger partial charge is 0.401 e. The molecule has 1 atom stereocenters. The van der Waals surface area contributed by atoms with E-state index in [9.17, 15) is 18.0 Å². The van der Waals surface area contributed by atoms with E-state index in [1.807, 2.05) is 4.90 Å². The first-order chi connectivity index (χ1) is 12.3. The van der Waals surface area contributed by atoms with Crippen molar-refractivity contribution in [1.29, 1.82) is 0 Å². The Labute approximate surface area is 175 Å². The van der Waals surface area contributed by atoms with Crippen molar-refractivity contribution in [2.24, 2.45) is 4.99 Å². The number of halogens is 4. The Bertz CT molecular complexity index is 497. The van der Waals surface area contributed by atoms with Crippen molar-refractivity contribution in [2.45, 2.75) is 25.6 Å². The van der Waals surface area contributed by atoms with Gasteiger partial charge in [-0.15, -0.1) is 24.0 Å². The molecule has 2 heterocycles. The molecule has 0 bridgehead atoms. The third kappa shape index (κ3) is 8.81. The minimum absolute atomic E-state index is 0. The van der Waals surface area contributed by atoms with Crippen LogP contribution in [0.15, 0.2) is 4.99 Å². The SMILES string of the molecule is CN=C(NCCN1CCN(C(C)=O)CC1)NC1CCN(CC(F)(F)F)C1.I. The smallest absolute Gasteiger partial charge is 0.355 e. The number of carbonyl (C=O) groups is 1. The summed E-state index contributed by atoms with van der Waals surface area (Å²) in [6, 6.07) is -0.0253. The number of rotatable bonds is 5. The molecule has 158 valence electrons. The summed E-state index contributed by atoms with van der Waals surface area (Å²) in [5.74, 6) is 0.731. The Hall–Kier alpha value is -0.820. The average molecular weight is 506 g/mol. The molecule has 2 N–H and O–H groups in total. The number of amides is 1. The molecule has 0 spiro atoms. The molecular weight excluding hydrogens is 476 g/mol. The molecule has 11 heteroatoms. The fourth-order valence-corrected chi connectivity index (χ4v) is 3.35. The molecule has 0 aromatic rings. The highest BCUT2D eigenvalue weighted by Crippen LogP contribution is 2.19. The van der Waals surface area contributed by atoms with Crippen LogP contribution in [0.25, 0.3) is 0 Å². The maximum atomic E-state index is 12.5. The van der Waals surface area contributed by atoms with Crippen LogP contribution in [0.1, 0.15) is 13.3 Å². The van der Waals surface area contributed by atoms with Gasteiger partial charge in [-0.1, -0.05) is 0 Å². The molecule has 1 unspecified atom stereocenters. The minimum atomic E-state index is -4.15. The van der Waals surface area contributed by atoms with Crippen LogP contribution in [-0.2, 0) is 4.79 Å². The van der Waals surface area contributed by atoms with E-state index in [4.69, 9.17) is 0 Å². The molecular formula is C16H30F3IN6O. The number of nitrogens with one attached hydrogen (secondary N) is 2. The highest BCUT2D eigenvalue weighted by molar-refractivity contribution is 14.0. The van der Waals surface area contributed by atoms with Crippen molar-refractivity contribution >= 4 is 35.8 Å². The van der Waals surface area contributed by atoms with Gasteiger partial charge in [0.2, 0.25) is 5.91 Å². The Morgan fingerprint density at radius 1 is 1.15 bits per heavy atom. The number of carbonyl (C=O) groups excluding carboxylic acids is 1. The number of alkyl halides is 3. The zero-order valence-electron chi connectivity index (χ0n) is 15.9. The summed E-state index contributed by atoms with van der Waals surface area (Å²) < 4.78 is 37.4. The van der Waals surface area contributed by atoms with Crippen LogP contribution >= 0.6 is 24.0 Å². The fraction of sp³-hybridized carbons (Fsp3) is 0.875. The summed E-state index contributed by atoms with van der Waals surface area (Å²) in [7, 11) is 1.66. The molecule has 2 saturated heterocycles. The van der Waals surface area contributed by atoms with Crippen molar-refractivity contribution in [3.8, 4) is 0 Å². The number of hydrogen-bond acceptors (Lipinski definition) is 4.